The number of hydrogen-bond donors (Lipinski definition) is 1. The molecule has 114 valence electrons. The summed E-state index contributed by atoms with van der Waals surface area (Å²) in [7, 11) is 1.62. The van der Waals surface area contributed by atoms with Gasteiger partial charge >= 0.3 is 0 Å². The molecule has 1 aromatic rings. The van der Waals surface area contributed by atoms with Crippen LogP contribution in [-0.2, 0) is 9.59 Å². The Labute approximate surface area is 125 Å². The van der Waals surface area contributed by atoms with Crippen molar-refractivity contribution in [1.29, 1.82) is 0 Å². The van der Waals surface area contributed by atoms with Gasteiger partial charge in [0, 0.05) is 0 Å². The summed E-state index contributed by atoms with van der Waals surface area (Å²) in [6.45, 7) is 5.93. The van der Waals surface area contributed by atoms with E-state index in [-0.39, 0.29) is 30.3 Å². The molecule has 0 bridgehead atoms. The third-order valence-corrected chi connectivity index (χ3v) is 3.92. The van der Waals surface area contributed by atoms with Crippen LogP contribution in [-0.4, -0.2) is 36.4 Å². The summed E-state index contributed by atoms with van der Waals surface area (Å²) in [6.07, 6.45) is 0. The molecule has 1 aliphatic rings. The minimum atomic E-state index is -0.427. The summed E-state index contributed by atoms with van der Waals surface area (Å²) in [4.78, 5) is 26.1. The maximum Gasteiger partial charge on any atom is 0.243 e. The number of methoxy groups -OCH3 is 1. The van der Waals surface area contributed by atoms with Crippen molar-refractivity contribution < 1.29 is 14.3 Å². The number of rotatable bonds is 4. The van der Waals surface area contributed by atoms with E-state index in [0.717, 1.165) is 11.3 Å². The van der Waals surface area contributed by atoms with Gasteiger partial charge in [0.15, 0.2) is 0 Å². The van der Waals surface area contributed by atoms with Gasteiger partial charge in [0.25, 0.3) is 0 Å². The standard InChI is InChI=1S/C16H22N2O3/c1-10(2)15-16(20)17-9-14(19)18(15)11(3)12-5-7-13(21-4)8-6-12/h5-8,10-11,15H,9H2,1-4H3,(H,17,20). The van der Waals surface area contributed by atoms with Crippen LogP contribution >= 0.6 is 0 Å². The van der Waals surface area contributed by atoms with Gasteiger partial charge in [-0.2, -0.15) is 0 Å². The first kappa shape index (κ1) is 15.4. The van der Waals surface area contributed by atoms with Crippen LogP contribution in [0.2, 0.25) is 0 Å². The van der Waals surface area contributed by atoms with Crippen molar-refractivity contribution in [2.45, 2.75) is 32.9 Å². The molecule has 1 aliphatic heterocycles. The average Bonchev–Trinajstić information content (AvgIpc) is 2.48. The van der Waals surface area contributed by atoms with Gasteiger partial charge in [0.1, 0.15) is 11.8 Å². The van der Waals surface area contributed by atoms with Crippen LogP contribution < -0.4 is 10.1 Å². The Morgan fingerprint density at radius 1 is 1.19 bits per heavy atom. The van der Waals surface area contributed by atoms with Gasteiger partial charge in [-0.25, -0.2) is 0 Å². The summed E-state index contributed by atoms with van der Waals surface area (Å²) in [5, 5.41) is 2.67. The van der Waals surface area contributed by atoms with Crippen LogP contribution in [0.25, 0.3) is 0 Å². The van der Waals surface area contributed by atoms with Crippen LogP contribution in [0.4, 0.5) is 0 Å². The molecule has 0 aromatic heterocycles. The lowest BCUT2D eigenvalue weighted by Crippen LogP contribution is -2.60. The van der Waals surface area contributed by atoms with Crippen molar-refractivity contribution in [2.75, 3.05) is 13.7 Å². The highest BCUT2D eigenvalue weighted by Gasteiger charge is 2.39. The molecule has 1 N–H and O–H groups in total. The number of nitrogens with zero attached hydrogens (tertiary/aromatic N) is 1. The van der Waals surface area contributed by atoms with Crippen molar-refractivity contribution in [3.05, 3.63) is 29.8 Å². The number of hydrogen-bond acceptors (Lipinski definition) is 3. The maximum atomic E-state index is 12.3. The lowest BCUT2D eigenvalue weighted by Gasteiger charge is -2.41. The Hall–Kier alpha value is -2.04. The monoisotopic (exact) mass is 290 g/mol. The molecule has 2 rings (SSSR count). The molecular weight excluding hydrogens is 268 g/mol. The highest BCUT2D eigenvalue weighted by molar-refractivity contribution is 5.95. The second kappa shape index (κ2) is 6.16. The van der Waals surface area contributed by atoms with Gasteiger partial charge in [-0.3, -0.25) is 9.59 Å². The van der Waals surface area contributed by atoms with E-state index in [1.54, 1.807) is 12.0 Å². The predicted octanol–water partition coefficient (Wildman–Crippen LogP) is 1.74. The first-order valence-electron chi connectivity index (χ1n) is 7.18. The molecule has 1 saturated heterocycles. The van der Waals surface area contributed by atoms with E-state index in [1.807, 2.05) is 45.0 Å². The topological polar surface area (TPSA) is 58.6 Å². The van der Waals surface area contributed by atoms with Gasteiger partial charge < -0.3 is 15.0 Å². The third kappa shape index (κ3) is 3.01. The largest absolute Gasteiger partial charge is 0.497 e. The molecule has 5 heteroatoms. The summed E-state index contributed by atoms with van der Waals surface area (Å²) >= 11 is 0. The zero-order chi connectivity index (χ0) is 15.6. The Kier molecular flexibility index (Phi) is 4.50. The molecule has 5 nitrogen and oxygen atoms in total. The molecule has 2 atom stereocenters. The highest BCUT2D eigenvalue weighted by Crippen LogP contribution is 2.28. The first-order valence-corrected chi connectivity index (χ1v) is 7.18. The van der Waals surface area contributed by atoms with Crippen LogP contribution in [0, 0.1) is 5.92 Å². The van der Waals surface area contributed by atoms with E-state index in [4.69, 9.17) is 4.74 Å². The number of benzene rings is 1. The molecule has 0 radical (unpaired) electrons. The van der Waals surface area contributed by atoms with Crippen molar-refractivity contribution in [1.82, 2.24) is 10.2 Å². The van der Waals surface area contributed by atoms with Gasteiger partial charge in [-0.05, 0) is 30.5 Å². The van der Waals surface area contributed by atoms with E-state index < -0.39 is 6.04 Å². The SMILES string of the molecule is COc1ccc(C(C)N2C(=O)CNC(=O)C2C(C)C)cc1. The fourth-order valence-corrected chi connectivity index (χ4v) is 2.76. The number of amides is 2. The number of piperazine rings is 1. The second-order valence-corrected chi connectivity index (χ2v) is 5.66. The average molecular weight is 290 g/mol. The number of carbonyl (C=O) groups is 2. The highest BCUT2D eigenvalue weighted by atomic mass is 16.5. The fraction of sp³-hybridized carbons (Fsp3) is 0.500. The van der Waals surface area contributed by atoms with E-state index in [0.29, 0.717) is 0 Å². The van der Waals surface area contributed by atoms with E-state index in [2.05, 4.69) is 5.32 Å². The Morgan fingerprint density at radius 3 is 2.33 bits per heavy atom. The Balaban J connectivity index is 2.30. The van der Waals surface area contributed by atoms with Gasteiger partial charge in [-0.1, -0.05) is 26.0 Å². The van der Waals surface area contributed by atoms with Gasteiger partial charge in [0.05, 0.1) is 19.7 Å². The smallest absolute Gasteiger partial charge is 0.243 e. The first-order chi connectivity index (χ1) is 9.95. The minimum absolute atomic E-state index is 0.0448. The van der Waals surface area contributed by atoms with Gasteiger partial charge in [0.2, 0.25) is 11.8 Å². The lowest BCUT2D eigenvalue weighted by molar-refractivity contribution is -0.150. The molecule has 0 spiro atoms. The van der Waals surface area contributed by atoms with Crippen LogP contribution in [0.1, 0.15) is 32.4 Å². The van der Waals surface area contributed by atoms with Crippen molar-refractivity contribution in [3.63, 3.8) is 0 Å². The maximum absolute atomic E-state index is 12.3. The second-order valence-electron chi connectivity index (χ2n) is 5.66. The van der Waals surface area contributed by atoms with E-state index in [1.165, 1.54) is 0 Å². The zero-order valence-electron chi connectivity index (χ0n) is 12.9. The molecule has 2 unspecified atom stereocenters. The molecule has 1 fully saturated rings. The van der Waals surface area contributed by atoms with Crippen molar-refractivity contribution in [3.8, 4) is 5.75 Å². The van der Waals surface area contributed by atoms with Crippen LogP contribution in [0.15, 0.2) is 24.3 Å². The van der Waals surface area contributed by atoms with E-state index in [9.17, 15) is 9.59 Å². The summed E-state index contributed by atoms with van der Waals surface area (Å²) in [5.41, 5.74) is 0.990. The molecule has 0 saturated carbocycles. The van der Waals surface area contributed by atoms with Crippen LogP contribution in [0.3, 0.4) is 0 Å². The Morgan fingerprint density at radius 2 is 1.81 bits per heavy atom. The van der Waals surface area contributed by atoms with Crippen molar-refractivity contribution in [2.24, 2.45) is 5.92 Å². The Bertz CT molecular complexity index is 525. The molecular formula is C16H22N2O3. The molecule has 1 aromatic carbocycles. The number of ether oxygens (including phenoxy) is 1. The fourth-order valence-electron chi connectivity index (χ4n) is 2.76. The number of carbonyl (C=O) groups excluding carboxylic acids is 2. The van der Waals surface area contributed by atoms with Crippen LogP contribution in [0.5, 0.6) is 5.75 Å². The van der Waals surface area contributed by atoms with Gasteiger partial charge in [-0.15, -0.1) is 0 Å². The predicted molar refractivity (Wildman–Crippen MR) is 79.9 cm³/mol. The summed E-state index contributed by atoms with van der Waals surface area (Å²) in [6, 6.07) is 7.02. The summed E-state index contributed by atoms with van der Waals surface area (Å²) in [5.74, 6) is 0.714. The van der Waals surface area contributed by atoms with Crippen molar-refractivity contribution >= 4 is 11.8 Å². The lowest BCUT2D eigenvalue weighted by atomic mass is 9.95. The minimum Gasteiger partial charge on any atom is -0.497 e. The molecule has 21 heavy (non-hydrogen) atoms. The summed E-state index contributed by atoms with van der Waals surface area (Å²) < 4.78 is 5.15. The molecule has 2 amide bonds. The molecule has 1 heterocycles. The quantitative estimate of drug-likeness (QED) is 0.919. The normalized spacial score (nSPS) is 20.4. The molecule has 0 aliphatic carbocycles. The third-order valence-electron chi connectivity index (χ3n) is 3.92. The number of nitrogens with one attached hydrogen (secondary N) is 1. The van der Waals surface area contributed by atoms with E-state index >= 15 is 0 Å². The zero-order valence-corrected chi connectivity index (χ0v) is 12.9.